The smallest absolute Gasteiger partial charge is 0.234 e. The average Bonchev–Trinajstić information content (AvgIpc) is 3.14. The van der Waals surface area contributed by atoms with E-state index in [4.69, 9.17) is 0 Å². The van der Waals surface area contributed by atoms with Crippen LogP contribution in [0.5, 0.6) is 0 Å². The first-order valence-electron chi connectivity index (χ1n) is 13.9. The molecule has 0 radical (unpaired) electrons. The van der Waals surface area contributed by atoms with E-state index in [-0.39, 0.29) is 0 Å². The standard InChI is InChI=1S/C28H55N2/c1-4-7-10-12-13-14-15-16-17-18-19-22-25-30-27-26-29(24-21-11-8-5-2)28(30)23-20-9-6-3/h26-27H,4-25H2,1-3H3/q+1. The van der Waals surface area contributed by atoms with Gasteiger partial charge < -0.3 is 0 Å². The van der Waals surface area contributed by atoms with Crippen molar-refractivity contribution >= 4 is 0 Å². The maximum absolute atomic E-state index is 2.58. The number of aryl methyl sites for hydroxylation is 2. The van der Waals surface area contributed by atoms with Crippen LogP contribution < -0.4 is 4.57 Å². The van der Waals surface area contributed by atoms with Crippen LogP contribution in [0.4, 0.5) is 0 Å². The fourth-order valence-electron chi connectivity index (χ4n) is 4.56. The number of unbranched alkanes of at least 4 members (excludes halogenated alkanes) is 16. The minimum Gasteiger partial charge on any atom is -0.234 e. The van der Waals surface area contributed by atoms with Gasteiger partial charge in [0.25, 0.3) is 5.82 Å². The Bertz CT molecular complexity index is 477. The lowest BCUT2D eigenvalue weighted by molar-refractivity contribution is -0.704. The van der Waals surface area contributed by atoms with E-state index in [1.807, 2.05) is 0 Å². The second-order valence-electron chi connectivity index (χ2n) is 9.51. The Balaban J connectivity index is 2.20. The minimum atomic E-state index is 1.22. The van der Waals surface area contributed by atoms with Crippen LogP contribution in [-0.2, 0) is 19.5 Å². The third-order valence-corrected chi connectivity index (χ3v) is 6.60. The van der Waals surface area contributed by atoms with Crippen LogP contribution in [0.15, 0.2) is 12.4 Å². The summed E-state index contributed by atoms with van der Waals surface area (Å²) in [5, 5.41) is 0. The molecule has 0 fully saturated rings. The summed E-state index contributed by atoms with van der Waals surface area (Å²) >= 11 is 0. The topological polar surface area (TPSA) is 8.81 Å². The van der Waals surface area contributed by atoms with Crippen molar-refractivity contribution in [3.05, 3.63) is 18.2 Å². The summed E-state index contributed by atoms with van der Waals surface area (Å²) in [5.41, 5.74) is 0. The lowest BCUT2D eigenvalue weighted by atomic mass is 10.1. The molecular weight excluding hydrogens is 364 g/mol. The molecule has 1 rings (SSSR count). The number of nitrogens with zero attached hydrogens (tertiary/aromatic N) is 2. The van der Waals surface area contributed by atoms with Gasteiger partial charge in [-0.25, -0.2) is 9.13 Å². The van der Waals surface area contributed by atoms with Crippen molar-refractivity contribution < 1.29 is 4.57 Å². The lowest BCUT2D eigenvalue weighted by Crippen LogP contribution is -2.37. The van der Waals surface area contributed by atoms with Gasteiger partial charge in [0, 0.05) is 6.42 Å². The van der Waals surface area contributed by atoms with Crippen LogP contribution >= 0.6 is 0 Å². The van der Waals surface area contributed by atoms with Crippen molar-refractivity contribution in [3.8, 4) is 0 Å². The van der Waals surface area contributed by atoms with Gasteiger partial charge in [-0.1, -0.05) is 111 Å². The highest BCUT2D eigenvalue weighted by molar-refractivity contribution is 4.84. The molecule has 0 aliphatic carbocycles. The molecule has 0 spiro atoms. The summed E-state index contributed by atoms with van der Waals surface area (Å²) in [6, 6.07) is 0. The highest BCUT2D eigenvalue weighted by Crippen LogP contribution is 2.13. The van der Waals surface area contributed by atoms with E-state index in [0.717, 1.165) is 0 Å². The summed E-state index contributed by atoms with van der Waals surface area (Å²) in [5.74, 6) is 1.59. The molecule has 0 aliphatic heterocycles. The van der Waals surface area contributed by atoms with Gasteiger partial charge in [0.2, 0.25) is 0 Å². The molecule has 2 nitrogen and oxygen atoms in total. The van der Waals surface area contributed by atoms with Gasteiger partial charge in [-0.2, -0.15) is 0 Å². The number of rotatable bonds is 22. The van der Waals surface area contributed by atoms with Gasteiger partial charge >= 0.3 is 0 Å². The molecule has 1 heterocycles. The highest BCUT2D eigenvalue weighted by atomic mass is 15.1. The fraction of sp³-hybridized carbons (Fsp3) is 0.893. The van der Waals surface area contributed by atoms with E-state index in [1.54, 1.807) is 5.82 Å². The number of imidazole rings is 1. The Labute approximate surface area is 189 Å². The van der Waals surface area contributed by atoms with E-state index in [1.165, 1.54) is 142 Å². The van der Waals surface area contributed by atoms with Crippen molar-refractivity contribution in [2.24, 2.45) is 0 Å². The molecule has 0 aliphatic rings. The predicted molar refractivity (Wildman–Crippen MR) is 133 cm³/mol. The van der Waals surface area contributed by atoms with Crippen LogP contribution in [0.2, 0.25) is 0 Å². The highest BCUT2D eigenvalue weighted by Gasteiger charge is 2.16. The third-order valence-electron chi connectivity index (χ3n) is 6.60. The molecule has 0 saturated carbocycles. The van der Waals surface area contributed by atoms with Gasteiger partial charge in [0.1, 0.15) is 12.4 Å². The SMILES string of the molecule is CCCCCCCCCCCCCCn1cc[n+](CCCCCC)c1CCCCC. The zero-order chi connectivity index (χ0) is 21.7. The molecule has 0 aromatic carbocycles. The second-order valence-corrected chi connectivity index (χ2v) is 9.51. The molecule has 0 bridgehead atoms. The monoisotopic (exact) mass is 419 g/mol. The van der Waals surface area contributed by atoms with Gasteiger partial charge in [-0.3, -0.25) is 0 Å². The van der Waals surface area contributed by atoms with Crippen molar-refractivity contribution in [1.82, 2.24) is 4.57 Å². The van der Waals surface area contributed by atoms with Crippen LogP contribution in [0, 0.1) is 0 Å². The lowest BCUT2D eigenvalue weighted by Gasteiger charge is -2.06. The quantitative estimate of drug-likeness (QED) is 0.131. The predicted octanol–water partition coefficient (Wildman–Crippen LogP) is 8.79. The molecule has 0 unspecified atom stereocenters. The Hall–Kier alpha value is -0.790. The zero-order valence-electron chi connectivity index (χ0n) is 21.1. The number of hydrogen-bond donors (Lipinski definition) is 0. The molecule has 1 aromatic heterocycles. The van der Waals surface area contributed by atoms with Crippen LogP contribution in [0.1, 0.15) is 149 Å². The Morgan fingerprint density at radius 1 is 0.567 bits per heavy atom. The van der Waals surface area contributed by atoms with Gasteiger partial charge in [-0.05, 0) is 32.1 Å². The first-order valence-corrected chi connectivity index (χ1v) is 13.9. The molecule has 30 heavy (non-hydrogen) atoms. The summed E-state index contributed by atoms with van der Waals surface area (Å²) in [7, 11) is 0. The Morgan fingerprint density at radius 2 is 1.03 bits per heavy atom. The molecule has 0 atom stereocenters. The van der Waals surface area contributed by atoms with E-state index < -0.39 is 0 Å². The van der Waals surface area contributed by atoms with E-state index in [2.05, 4.69) is 42.3 Å². The van der Waals surface area contributed by atoms with Crippen molar-refractivity contribution in [1.29, 1.82) is 0 Å². The minimum absolute atomic E-state index is 1.22. The third kappa shape index (κ3) is 13.5. The number of aromatic nitrogens is 2. The molecule has 2 heteroatoms. The summed E-state index contributed by atoms with van der Waals surface area (Å²) in [6.07, 6.45) is 32.6. The largest absolute Gasteiger partial charge is 0.256 e. The first kappa shape index (κ1) is 27.2. The Morgan fingerprint density at radius 3 is 1.60 bits per heavy atom. The molecule has 0 amide bonds. The van der Waals surface area contributed by atoms with Crippen molar-refractivity contribution in [3.63, 3.8) is 0 Å². The maximum Gasteiger partial charge on any atom is 0.256 e. The zero-order valence-corrected chi connectivity index (χ0v) is 21.1. The van der Waals surface area contributed by atoms with Gasteiger partial charge in [0.05, 0.1) is 13.1 Å². The van der Waals surface area contributed by atoms with E-state index in [0.29, 0.717) is 0 Å². The normalized spacial score (nSPS) is 11.4. The van der Waals surface area contributed by atoms with Crippen LogP contribution in [-0.4, -0.2) is 4.57 Å². The summed E-state index contributed by atoms with van der Waals surface area (Å²) in [6.45, 7) is 9.35. The number of hydrogen-bond acceptors (Lipinski definition) is 0. The molecule has 1 aromatic rings. The van der Waals surface area contributed by atoms with Crippen LogP contribution in [0.25, 0.3) is 0 Å². The molecule has 0 saturated heterocycles. The second kappa shape index (κ2) is 20.1. The summed E-state index contributed by atoms with van der Waals surface area (Å²) in [4.78, 5) is 0. The maximum atomic E-state index is 2.58. The van der Waals surface area contributed by atoms with E-state index in [9.17, 15) is 0 Å². The molecular formula is C28H55N2+. The first-order chi connectivity index (χ1) is 14.8. The molecule has 176 valence electrons. The summed E-state index contributed by atoms with van der Waals surface area (Å²) < 4.78 is 5.14. The average molecular weight is 420 g/mol. The van der Waals surface area contributed by atoms with Crippen molar-refractivity contribution in [2.75, 3.05) is 0 Å². The van der Waals surface area contributed by atoms with Gasteiger partial charge in [0.15, 0.2) is 0 Å². The molecule has 0 N–H and O–H groups in total. The van der Waals surface area contributed by atoms with E-state index >= 15 is 0 Å². The van der Waals surface area contributed by atoms with Crippen molar-refractivity contribution in [2.45, 2.75) is 162 Å². The van der Waals surface area contributed by atoms with Gasteiger partial charge in [-0.15, -0.1) is 0 Å². The van der Waals surface area contributed by atoms with Crippen LogP contribution in [0.3, 0.4) is 0 Å². The Kier molecular flexibility index (Phi) is 18.3. The fourth-order valence-corrected chi connectivity index (χ4v) is 4.56.